The Kier molecular flexibility index (Phi) is 2.36. The molecule has 0 saturated heterocycles. The van der Waals surface area contributed by atoms with Crippen LogP contribution in [0, 0.1) is 11.3 Å². The molecular weight excluding hydrogens is 231 g/mol. The van der Waals surface area contributed by atoms with E-state index in [1.165, 1.54) is 0 Å². The van der Waals surface area contributed by atoms with Crippen molar-refractivity contribution in [3.05, 3.63) is 35.9 Å². The van der Waals surface area contributed by atoms with Crippen LogP contribution in [0.25, 0.3) is 0 Å². The van der Waals surface area contributed by atoms with Crippen LogP contribution in [0.5, 0.6) is 0 Å². The van der Waals surface area contributed by atoms with E-state index in [0.717, 1.165) is 0 Å². The van der Waals surface area contributed by atoms with Crippen LogP contribution in [-0.4, -0.2) is 10.1 Å². The van der Waals surface area contributed by atoms with E-state index in [4.69, 9.17) is 23.2 Å². The zero-order chi connectivity index (χ0) is 11.3. The van der Waals surface area contributed by atoms with Gasteiger partial charge in [0.2, 0.25) is 0 Å². The Balaban J connectivity index is 2.33. The summed E-state index contributed by atoms with van der Waals surface area (Å²) in [6.45, 7) is 3.73. The molecule has 2 atom stereocenters. The van der Waals surface area contributed by atoms with Gasteiger partial charge in [0.25, 0.3) is 0 Å². The fraction of sp³-hybridized carbons (Fsp3) is 0.417. The van der Waals surface area contributed by atoms with Gasteiger partial charge in [0.15, 0.2) is 5.78 Å². The first-order chi connectivity index (χ1) is 6.92. The lowest BCUT2D eigenvalue weighted by molar-refractivity contribution is 0.0901. The molecule has 0 amide bonds. The second-order valence-electron chi connectivity index (χ2n) is 4.24. The number of carbonyl (C=O) groups is 1. The minimum absolute atomic E-state index is 0.000962. The number of ketones is 1. The molecule has 0 heterocycles. The standard InChI is InChI=1S/C12H12Cl2O/c1-8-11(2,12(8,13)14)10(15)9-6-4-3-5-7-9/h3-8H,1-2H3/t8-,11-/m0/s1. The molecule has 0 unspecified atom stereocenters. The summed E-state index contributed by atoms with van der Waals surface area (Å²) in [5.74, 6) is 0.0293. The third-order valence-electron chi connectivity index (χ3n) is 3.53. The van der Waals surface area contributed by atoms with Crippen LogP contribution in [0.1, 0.15) is 24.2 Å². The molecule has 0 spiro atoms. The maximum Gasteiger partial charge on any atom is 0.172 e. The van der Waals surface area contributed by atoms with E-state index in [1.54, 1.807) is 12.1 Å². The average molecular weight is 243 g/mol. The van der Waals surface area contributed by atoms with E-state index in [1.807, 2.05) is 32.0 Å². The molecule has 80 valence electrons. The Hall–Kier alpha value is -0.530. The summed E-state index contributed by atoms with van der Waals surface area (Å²) < 4.78 is -0.917. The van der Waals surface area contributed by atoms with Crippen molar-refractivity contribution in [2.45, 2.75) is 18.2 Å². The van der Waals surface area contributed by atoms with Crippen LogP contribution in [0.2, 0.25) is 0 Å². The lowest BCUT2D eigenvalue weighted by Gasteiger charge is -2.10. The van der Waals surface area contributed by atoms with Crippen molar-refractivity contribution < 1.29 is 4.79 Å². The zero-order valence-corrected chi connectivity index (χ0v) is 10.1. The Morgan fingerprint density at radius 3 is 2.13 bits per heavy atom. The van der Waals surface area contributed by atoms with Gasteiger partial charge in [0, 0.05) is 11.5 Å². The molecule has 1 aliphatic carbocycles. The van der Waals surface area contributed by atoms with Gasteiger partial charge in [0.05, 0.1) is 5.41 Å². The Morgan fingerprint density at radius 2 is 1.73 bits per heavy atom. The van der Waals surface area contributed by atoms with Crippen molar-refractivity contribution in [1.82, 2.24) is 0 Å². The second kappa shape index (κ2) is 3.23. The van der Waals surface area contributed by atoms with Crippen molar-refractivity contribution in [2.75, 3.05) is 0 Å². The molecule has 3 heteroatoms. The molecule has 0 bridgehead atoms. The van der Waals surface area contributed by atoms with E-state index in [-0.39, 0.29) is 11.7 Å². The highest BCUT2D eigenvalue weighted by Crippen LogP contribution is 2.69. The highest BCUT2D eigenvalue weighted by molar-refractivity contribution is 6.54. The number of hydrogen-bond acceptors (Lipinski definition) is 1. The molecule has 0 radical (unpaired) electrons. The van der Waals surface area contributed by atoms with Crippen molar-refractivity contribution in [1.29, 1.82) is 0 Å². The van der Waals surface area contributed by atoms with Gasteiger partial charge in [-0.1, -0.05) is 37.3 Å². The molecule has 1 saturated carbocycles. The Labute approximate surface area is 99.4 Å². The molecule has 1 nitrogen and oxygen atoms in total. The van der Waals surface area contributed by atoms with Gasteiger partial charge in [-0.2, -0.15) is 0 Å². The molecule has 1 aromatic carbocycles. The highest BCUT2D eigenvalue weighted by Gasteiger charge is 2.74. The fourth-order valence-corrected chi connectivity index (χ4v) is 2.80. The number of Topliss-reactive ketones (excluding diaryl/α,β-unsaturated/α-hetero) is 1. The van der Waals surface area contributed by atoms with Gasteiger partial charge >= 0.3 is 0 Å². The maximum absolute atomic E-state index is 12.2. The topological polar surface area (TPSA) is 17.1 Å². The zero-order valence-electron chi connectivity index (χ0n) is 8.63. The third kappa shape index (κ3) is 1.33. The van der Waals surface area contributed by atoms with Crippen LogP contribution in [0.3, 0.4) is 0 Å². The molecule has 1 aromatic rings. The summed E-state index contributed by atoms with van der Waals surface area (Å²) in [6.07, 6.45) is 0. The molecule has 0 aliphatic heterocycles. The predicted octanol–water partition coefficient (Wildman–Crippen LogP) is 3.70. The number of rotatable bonds is 2. The van der Waals surface area contributed by atoms with Crippen molar-refractivity contribution in [3.8, 4) is 0 Å². The number of alkyl halides is 2. The SMILES string of the molecule is C[C@@H]1C(Cl)(Cl)[C@]1(C)C(=O)c1ccccc1. The number of hydrogen-bond donors (Lipinski definition) is 0. The van der Waals surface area contributed by atoms with E-state index >= 15 is 0 Å². The van der Waals surface area contributed by atoms with Gasteiger partial charge in [-0.3, -0.25) is 4.79 Å². The van der Waals surface area contributed by atoms with Crippen LogP contribution in [-0.2, 0) is 0 Å². The molecule has 2 rings (SSSR count). The first-order valence-electron chi connectivity index (χ1n) is 4.90. The van der Waals surface area contributed by atoms with Gasteiger partial charge < -0.3 is 0 Å². The third-order valence-corrected chi connectivity index (χ3v) is 4.97. The number of benzene rings is 1. The Bertz CT molecular complexity index is 399. The maximum atomic E-state index is 12.2. The molecule has 15 heavy (non-hydrogen) atoms. The van der Waals surface area contributed by atoms with Gasteiger partial charge in [-0.15, -0.1) is 23.2 Å². The minimum atomic E-state index is -0.917. The van der Waals surface area contributed by atoms with Crippen molar-refractivity contribution in [3.63, 3.8) is 0 Å². The van der Waals surface area contributed by atoms with Crippen LogP contribution < -0.4 is 0 Å². The molecule has 0 N–H and O–H groups in total. The first kappa shape index (κ1) is 11.0. The van der Waals surface area contributed by atoms with Gasteiger partial charge in [0.1, 0.15) is 4.33 Å². The summed E-state index contributed by atoms with van der Waals surface area (Å²) in [4.78, 5) is 12.2. The lowest BCUT2D eigenvalue weighted by Crippen LogP contribution is -2.18. The molecule has 0 aromatic heterocycles. The monoisotopic (exact) mass is 242 g/mol. The predicted molar refractivity (Wildman–Crippen MR) is 62.5 cm³/mol. The van der Waals surface area contributed by atoms with Gasteiger partial charge in [-0.05, 0) is 6.92 Å². The smallest absolute Gasteiger partial charge is 0.172 e. The summed E-state index contributed by atoms with van der Waals surface area (Å²) in [5.41, 5.74) is 0.0345. The molecule has 1 fully saturated rings. The Morgan fingerprint density at radius 1 is 1.27 bits per heavy atom. The summed E-state index contributed by atoms with van der Waals surface area (Å²) >= 11 is 12.2. The minimum Gasteiger partial charge on any atom is -0.293 e. The quantitative estimate of drug-likeness (QED) is 0.571. The summed E-state index contributed by atoms with van der Waals surface area (Å²) in [7, 11) is 0. The van der Waals surface area contributed by atoms with Crippen molar-refractivity contribution in [2.24, 2.45) is 11.3 Å². The summed E-state index contributed by atoms with van der Waals surface area (Å²) in [5, 5.41) is 0. The molecule has 1 aliphatic rings. The lowest BCUT2D eigenvalue weighted by atomic mass is 9.95. The van der Waals surface area contributed by atoms with E-state index in [9.17, 15) is 4.79 Å². The highest BCUT2D eigenvalue weighted by atomic mass is 35.5. The van der Waals surface area contributed by atoms with Gasteiger partial charge in [-0.25, -0.2) is 0 Å². The van der Waals surface area contributed by atoms with Crippen LogP contribution in [0.4, 0.5) is 0 Å². The van der Waals surface area contributed by atoms with E-state index in [0.29, 0.717) is 5.56 Å². The number of halogens is 2. The first-order valence-corrected chi connectivity index (χ1v) is 5.65. The van der Waals surface area contributed by atoms with E-state index < -0.39 is 9.75 Å². The van der Waals surface area contributed by atoms with E-state index in [2.05, 4.69) is 0 Å². The number of carbonyl (C=O) groups excluding carboxylic acids is 1. The second-order valence-corrected chi connectivity index (χ2v) is 5.63. The molecular formula is C12H12Cl2O. The fourth-order valence-electron chi connectivity index (χ4n) is 1.97. The van der Waals surface area contributed by atoms with Crippen molar-refractivity contribution >= 4 is 29.0 Å². The van der Waals surface area contributed by atoms with Crippen LogP contribution in [0.15, 0.2) is 30.3 Å². The normalized spacial score (nSPS) is 32.4. The summed E-state index contributed by atoms with van der Waals surface area (Å²) in [6, 6.07) is 9.15. The van der Waals surface area contributed by atoms with Crippen LogP contribution >= 0.6 is 23.2 Å². The average Bonchev–Trinajstić information content (AvgIpc) is 2.64. The largest absolute Gasteiger partial charge is 0.293 e.